The van der Waals surface area contributed by atoms with E-state index in [2.05, 4.69) is 4.98 Å². The van der Waals surface area contributed by atoms with Crippen LogP contribution in [0.2, 0.25) is 0 Å². The van der Waals surface area contributed by atoms with Crippen molar-refractivity contribution in [3.05, 3.63) is 86.2 Å². The van der Waals surface area contributed by atoms with E-state index in [0.29, 0.717) is 28.3 Å². The number of carbonyl (C=O) groups is 1. The van der Waals surface area contributed by atoms with Crippen molar-refractivity contribution in [2.75, 3.05) is 11.5 Å². The summed E-state index contributed by atoms with van der Waals surface area (Å²) in [5.74, 6) is 0.471. The van der Waals surface area contributed by atoms with Gasteiger partial charge in [0.1, 0.15) is 11.3 Å². The summed E-state index contributed by atoms with van der Waals surface area (Å²) >= 11 is 1.35. The second kappa shape index (κ2) is 7.91. The molecule has 1 amide bonds. The second-order valence-electron chi connectivity index (χ2n) is 7.92. The standard InChI is InChI=1S/C25H22N2O4S/c1-4-10-30-17-7-5-16(6-8-17)21-20-22(28)18-12-14(2)15(3)13-19(18)31-23(20)24(29)27(21)25-26-9-11-32-25/h5-9,11-13,21H,4,10H2,1-3H3/t21-/m0/s1. The topological polar surface area (TPSA) is 72.6 Å². The number of fused-ring (bicyclic) bond motifs is 2. The number of hydrogen-bond donors (Lipinski definition) is 0. The summed E-state index contributed by atoms with van der Waals surface area (Å²) in [5.41, 5.74) is 3.39. The van der Waals surface area contributed by atoms with Gasteiger partial charge in [0.2, 0.25) is 5.76 Å². The minimum absolute atomic E-state index is 0.0808. The first-order valence-corrected chi connectivity index (χ1v) is 11.4. The van der Waals surface area contributed by atoms with Gasteiger partial charge in [-0.2, -0.15) is 0 Å². The fraction of sp³-hybridized carbons (Fsp3) is 0.240. The molecule has 2 aromatic heterocycles. The Hall–Kier alpha value is -3.45. The third-order valence-electron chi connectivity index (χ3n) is 5.78. The van der Waals surface area contributed by atoms with Gasteiger partial charge in [-0.3, -0.25) is 14.5 Å². The first-order valence-electron chi connectivity index (χ1n) is 10.5. The lowest BCUT2D eigenvalue weighted by atomic mass is 9.97. The Morgan fingerprint density at radius 2 is 1.88 bits per heavy atom. The van der Waals surface area contributed by atoms with Crippen LogP contribution in [-0.2, 0) is 0 Å². The normalized spacial score (nSPS) is 15.4. The Labute approximate surface area is 189 Å². The summed E-state index contributed by atoms with van der Waals surface area (Å²) in [6, 6.07) is 10.6. The molecule has 6 nitrogen and oxygen atoms in total. The molecule has 0 saturated heterocycles. The Morgan fingerprint density at radius 1 is 1.12 bits per heavy atom. The van der Waals surface area contributed by atoms with E-state index in [9.17, 15) is 9.59 Å². The molecule has 0 radical (unpaired) electrons. The minimum Gasteiger partial charge on any atom is -0.494 e. The van der Waals surface area contributed by atoms with E-state index in [1.807, 2.05) is 62.5 Å². The third-order valence-corrected chi connectivity index (χ3v) is 6.55. The number of ether oxygens (including phenoxy) is 1. The average Bonchev–Trinajstić information content (AvgIpc) is 3.41. The molecule has 1 atom stereocenters. The zero-order valence-corrected chi connectivity index (χ0v) is 18.9. The molecule has 0 unspecified atom stereocenters. The van der Waals surface area contributed by atoms with Crippen LogP contribution in [0.25, 0.3) is 11.0 Å². The Kier molecular flexibility index (Phi) is 5.06. The van der Waals surface area contributed by atoms with Crippen LogP contribution in [0.15, 0.2) is 57.2 Å². The number of benzene rings is 2. The zero-order valence-electron chi connectivity index (χ0n) is 18.0. The molecule has 0 bridgehead atoms. The molecule has 5 rings (SSSR count). The molecule has 4 aromatic rings. The molecule has 0 N–H and O–H groups in total. The van der Waals surface area contributed by atoms with Gasteiger partial charge < -0.3 is 9.15 Å². The Bertz CT molecular complexity index is 1370. The van der Waals surface area contributed by atoms with E-state index in [4.69, 9.17) is 9.15 Å². The highest BCUT2D eigenvalue weighted by atomic mass is 32.1. The molecular weight excluding hydrogens is 424 g/mol. The van der Waals surface area contributed by atoms with Gasteiger partial charge in [-0.1, -0.05) is 19.1 Å². The van der Waals surface area contributed by atoms with Gasteiger partial charge in [0.25, 0.3) is 5.91 Å². The highest BCUT2D eigenvalue weighted by Gasteiger charge is 2.44. The summed E-state index contributed by atoms with van der Waals surface area (Å²) in [7, 11) is 0. The maximum absolute atomic E-state index is 13.7. The van der Waals surface area contributed by atoms with Gasteiger partial charge in [0, 0.05) is 11.6 Å². The maximum Gasteiger partial charge on any atom is 0.297 e. The second-order valence-corrected chi connectivity index (χ2v) is 8.79. The van der Waals surface area contributed by atoms with E-state index >= 15 is 0 Å². The smallest absolute Gasteiger partial charge is 0.297 e. The molecule has 3 heterocycles. The van der Waals surface area contributed by atoms with Crippen molar-refractivity contribution in [2.45, 2.75) is 33.2 Å². The zero-order chi connectivity index (χ0) is 22.4. The lowest BCUT2D eigenvalue weighted by molar-refractivity contribution is 0.0971. The van der Waals surface area contributed by atoms with Crippen molar-refractivity contribution >= 4 is 33.3 Å². The highest BCUT2D eigenvalue weighted by Crippen LogP contribution is 2.42. The summed E-state index contributed by atoms with van der Waals surface area (Å²) in [5, 5.41) is 2.81. The van der Waals surface area contributed by atoms with Gasteiger partial charge in [-0.05, 0) is 61.2 Å². The molecule has 0 fully saturated rings. The van der Waals surface area contributed by atoms with E-state index in [1.165, 1.54) is 11.3 Å². The number of nitrogens with zero attached hydrogens (tertiary/aromatic N) is 2. The number of hydrogen-bond acceptors (Lipinski definition) is 6. The molecule has 0 aliphatic carbocycles. The first kappa shape index (κ1) is 20.5. The lowest BCUT2D eigenvalue weighted by Gasteiger charge is -2.22. The van der Waals surface area contributed by atoms with Crippen LogP contribution in [0.4, 0.5) is 5.13 Å². The molecule has 2 aromatic carbocycles. The number of thiazole rings is 1. The predicted octanol–water partition coefficient (Wildman–Crippen LogP) is 5.40. The number of aromatic nitrogens is 1. The largest absolute Gasteiger partial charge is 0.494 e. The van der Waals surface area contributed by atoms with Crippen LogP contribution < -0.4 is 15.1 Å². The highest BCUT2D eigenvalue weighted by molar-refractivity contribution is 7.13. The maximum atomic E-state index is 13.7. The number of aryl methyl sites for hydroxylation is 2. The molecular formula is C25H22N2O4S. The van der Waals surface area contributed by atoms with Crippen LogP contribution in [-0.4, -0.2) is 17.5 Å². The van der Waals surface area contributed by atoms with Crippen molar-refractivity contribution in [1.29, 1.82) is 0 Å². The number of amides is 1. The van der Waals surface area contributed by atoms with Crippen molar-refractivity contribution in [2.24, 2.45) is 0 Å². The van der Waals surface area contributed by atoms with E-state index in [1.54, 1.807) is 11.1 Å². The van der Waals surface area contributed by atoms with Crippen molar-refractivity contribution in [3.8, 4) is 5.75 Å². The first-order chi connectivity index (χ1) is 15.5. The Balaban J connectivity index is 1.72. The van der Waals surface area contributed by atoms with E-state index < -0.39 is 6.04 Å². The Morgan fingerprint density at radius 3 is 2.56 bits per heavy atom. The molecule has 162 valence electrons. The third kappa shape index (κ3) is 3.20. The molecule has 1 aliphatic heterocycles. The summed E-state index contributed by atoms with van der Waals surface area (Å²) in [6.07, 6.45) is 2.56. The van der Waals surface area contributed by atoms with Crippen molar-refractivity contribution in [3.63, 3.8) is 0 Å². The van der Waals surface area contributed by atoms with Gasteiger partial charge >= 0.3 is 0 Å². The van der Waals surface area contributed by atoms with E-state index in [0.717, 1.165) is 28.9 Å². The number of carbonyl (C=O) groups excluding carboxylic acids is 1. The SMILES string of the molecule is CCCOc1ccc([C@H]2c3c(oc4cc(C)c(C)cc4c3=O)C(=O)N2c2nccs2)cc1. The lowest BCUT2D eigenvalue weighted by Crippen LogP contribution is -2.29. The molecule has 0 saturated carbocycles. The van der Waals surface area contributed by atoms with Crippen molar-refractivity contribution < 1.29 is 13.9 Å². The van der Waals surface area contributed by atoms with Gasteiger partial charge in [-0.25, -0.2) is 4.98 Å². The summed E-state index contributed by atoms with van der Waals surface area (Å²) in [6.45, 7) is 6.59. The quantitative estimate of drug-likeness (QED) is 0.410. The van der Waals surface area contributed by atoms with Gasteiger partial charge in [0.05, 0.1) is 23.6 Å². The average molecular weight is 447 g/mol. The fourth-order valence-electron chi connectivity index (χ4n) is 4.04. The van der Waals surface area contributed by atoms with Gasteiger partial charge in [-0.15, -0.1) is 11.3 Å². The summed E-state index contributed by atoms with van der Waals surface area (Å²) < 4.78 is 11.7. The van der Waals surface area contributed by atoms with Crippen molar-refractivity contribution in [1.82, 2.24) is 4.98 Å². The molecule has 0 spiro atoms. The predicted molar refractivity (Wildman–Crippen MR) is 125 cm³/mol. The van der Waals surface area contributed by atoms with Crippen LogP contribution in [0.3, 0.4) is 0 Å². The van der Waals surface area contributed by atoms with Crippen LogP contribution >= 0.6 is 11.3 Å². The molecule has 7 heteroatoms. The molecule has 32 heavy (non-hydrogen) atoms. The summed E-state index contributed by atoms with van der Waals surface area (Å²) in [4.78, 5) is 33.0. The minimum atomic E-state index is -0.619. The monoisotopic (exact) mass is 446 g/mol. The molecule has 1 aliphatic rings. The van der Waals surface area contributed by atoms with Crippen LogP contribution in [0.5, 0.6) is 5.75 Å². The van der Waals surface area contributed by atoms with Crippen LogP contribution in [0.1, 0.15) is 52.2 Å². The fourth-order valence-corrected chi connectivity index (χ4v) is 4.71. The van der Waals surface area contributed by atoms with Gasteiger partial charge in [0.15, 0.2) is 10.6 Å². The number of anilines is 1. The number of rotatable bonds is 5. The van der Waals surface area contributed by atoms with E-state index in [-0.39, 0.29) is 17.1 Å². The van der Waals surface area contributed by atoms with Crippen LogP contribution in [0, 0.1) is 13.8 Å².